The Bertz CT molecular complexity index is 519. The quantitative estimate of drug-likeness (QED) is 0.355. The fraction of sp³-hybridized carbons (Fsp3) is 0.684. The van der Waals surface area contributed by atoms with Crippen LogP contribution in [0.5, 0.6) is 0 Å². The van der Waals surface area contributed by atoms with Crippen LogP contribution in [-0.2, 0) is 11.2 Å². The van der Waals surface area contributed by atoms with Crippen molar-refractivity contribution >= 4 is 29.9 Å². The number of aliphatic imine (C=N–C) groups is 1. The number of guanidine groups is 1. The molecule has 1 aromatic rings. The zero-order valence-corrected chi connectivity index (χ0v) is 18.2. The summed E-state index contributed by atoms with van der Waals surface area (Å²) in [6.45, 7) is 8.25. The van der Waals surface area contributed by atoms with Crippen molar-refractivity contribution in [2.75, 3.05) is 20.2 Å². The second kappa shape index (κ2) is 11.0. The molecule has 2 unspecified atom stereocenters. The molecule has 1 heterocycles. The molecule has 0 spiro atoms. The molecule has 0 saturated heterocycles. The Morgan fingerprint density at radius 3 is 2.68 bits per heavy atom. The third kappa shape index (κ3) is 5.29. The summed E-state index contributed by atoms with van der Waals surface area (Å²) in [7, 11) is 1.83. The lowest BCUT2D eigenvalue weighted by Gasteiger charge is -2.55. The third-order valence-corrected chi connectivity index (χ3v) is 5.43. The maximum atomic E-state index is 5.95. The van der Waals surface area contributed by atoms with E-state index in [-0.39, 0.29) is 29.4 Å². The fourth-order valence-electron chi connectivity index (χ4n) is 3.81. The van der Waals surface area contributed by atoms with Crippen LogP contribution in [-0.4, -0.2) is 43.3 Å². The number of pyridine rings is 1. The molecule has 2 N–H and O–H groups in total. The van der Waals surface area contributed by atoms with E-state index in [1.165, 1.54) is 5.56 Å². The van der Waals surface area contributed by atoms with Crippen molar-refractivity contribution in [2.45, 2.75) is 58.6 Å². The summed E-state index contributed by atoms with van der Waals surface area (Å²) in [4.78, 5) is 8.54. The van der Waals surface area contributed by atoms with Gasteiger partial charge in [-0.15, -0.1) is 24.0 Å². The first-order valence-corrected chi connectivity index (χ1v) is 9.17. The van der Waals surface area contributed by atoms with Gasteiger partial charge in [-0.1, -0.05) is 19.9 Å². The number of hydrogen-bond donors (Lipinski definition) is 2. The number of nitrogens with one attached hydrogen (secondary N) is 2. The van der Waals surface area contributed by atoms with Crippen LogP contribution in [0.1, 0.15) is 45.6 Å². The molecule has 25 heavy (non-hydrogen) atoms. The maximum absolute atomic E-state index is 5.95. The zero-order valence-electron chi connectivity index (χ0n) is 15.9. The summed E-state index contributed by atoms with van der Waals surface area (Å²) in [6.07, 6.45) is 8.32. The fourth-order valence-corrected chi connectivity index (χ4v) is 3.81. The van der Waals surface area contributed by atoms with Gasteiger partial charge in [-0.25, -0.2) is 0 Å². The molecule has 1 aromatic heterocycles. The summed E-state index contributed by atoms with van der Waals surface area (Å²) in [6, 6.07) is 4.50. The van der Waals surface area contributed by atoms with Crippen LogP contribution in [0, 0.1) is 5.41 Å². The molecule has 5 nitrogen and oxygen atoms in total. The van der Waals surface area contributed by atoms with E-state index in [0.717, 1.165) is 44.8 Å². The van der Waals surface area contributed by atoms with Gasteiger partial charge >= 0.3 is 0 Å². The molecular formula is C19H33IN4O. The number of aromatic nitrogens is 1. The molecule has 0 aliphatic heterocycles. The lowest BCUT2D eigenvalue weighted by Crippen LogP contribution is -2.65. The molecule has 2 atom stereocenters. The van der Waals surface area contributed by atoms with Crippen molar-refractivity contribution in [1.82, 2.24) is 15.6 Å². The van der Waals surface area contributed by atoms with E-state index < -0.39 is 0 Å². The summed E-state index contributed by atoms with van der Waals surface area (Å²) in [5.41, 5.74) is 1.45. The largest absolute Gasteiger partial charge is 0.378 e. The van der Waals surface area contributed by atoms with Gasteiger partial charge in [0.2, 0.25) is 0 Å². The average Bonchev–Trinajstić information content (AvgIpc) is 2.61. The van der Waals surface area contributed by atoms with Crippen LogP contribution >= 0.6 is 24.0 Å². The second-order valence-electron chi connectivity index (χ2n) is 6.43. The number of nitrogens with zero attached hydrogens (tertiary/aromatic N) is 2. The van der Waals surface area contributed by atoms with Gasteiger partial charge in [-0.05, 0) is 44.2 Å². The van der Waals surface area contributed by atoms with Crippen molar-refractivity contribution in [1.29, 1.82) is 0 Å². The maximum Gasteiger partial charge on any atom is 0.191 e. The van der Waals surface area contributed by atoms with Crippen molar-refractivity contribution in [3.63, 3.8) is 0 Å². The van der Waals surface area contributed by atoms with Crippen molar-refractivity contribution in [3.05, 3.63) is 30.1 Å². The molecule has 2 rings (SSSR count). The lowest BCUT2D eigenvalue weighted by molar-refractivity contribution is -0.133. The molecule has 1 saturated carbocycles. The van der Waals surface area contributed by atoms with Crippen LogP contribution in [0.2, 0.25) is 0 Å². The van der Waals surface area contributed by atoms with Gasteiger partial charge in [-0.3, -0.25) is 9.98 Å². The van der Waals surface area contributed by atoms with Gasteiger partial charge < -0.3 is 15.4 Å². The molecule has 0 bridgehead atoms. The lowest BCUT2D eigenvalue weighted by atomic mass is 9.58. The van der Waals surface area contributed by atoms with Gasteiger partial charge in [0, 0.05) is 44.0 Å². The van der Waals surface area contributed by atoms with E-state index >= 15 is 0 Å². The first-order valence-electron chi connectivity index (χ1n) is 9.17. The highest BCUT2D eigenvalue weighted by atomic mass is 127. The predicted molar refractivity (Wildman–Crippen MR) is 115 cm³/mol. The van der Waals surface area contributed by atoms with Gasteiger partial charge in [0.15, 0.2) is 5.96 Å². The van der Waals surface area contributed by atoms with E-state index in [1.807, 2.05) is 19.3 Å². The van der Waals surface area contributed by atoms with Crippen LogP contribution in [0.4, 0.5) is 0 Å². The summed E-state index contributed by atoms with van der Waals surface area (Å²) in [5.74, 6) is 0.880. The number of hydrogen-bond acceptors (Lipinski definition) is 3. The molecular weight excluding hydrogens is 427 g/mol. The van der Waals surface area contributed by atoms with Crippen LogP contribution in [0.25, 0.3) is 0 Å². The normalized spacial score (nSPS) is 21.8. The third-order valence-electron chi connectivity index (χ3n) is 5.43. The van der Waals surface area contributed by atoms with Gasteiger partial charge in [-0.2, -0.15) is 0 Å². The highest BCUT2D eigenvalue weighted by molar-refractivity contribution is 14.0. The Labute approximate surface area is 169 Å². The SMILES string of the molecule is CCOC1CC(NC(=NC)NCCc2cccnc2)C1(CC)CC.I. The Morgan fingerprint density at radius 1 is 1.36 bits per heavy atom. The Morgan fingerprint density at radius 2 is 2.12 bits per heavy atom. The predicted octanol–water partition coefficient (Wildman–Crippen LogP) is 3.39. The molecule has 1 aliphatic carbocycles. The van der Waals surface area contributed by atoms with E-state index in [0.29, 0.717) is 12.1 Å². The van der Waals surface area contributed by atoms with E-state index in [9.17, 15) is 0 Å². The van der Waals surface area contributed by atoms with Gasteiger partial charge in [0.25, 0.3) is 0 Å². The molecule has 0 amide bonds. The van der Waals surface area contributed by atoms with E-state index in [1.54, 1.807) is 6.20 Å². The van der Waals surface area contributed by atoms with Crippen LogP contribution < -0.4 is 10.6 Å². The topological polar surface area (TPSA) is 58.5 Å². The Kier molecular flexibility index (Phi) is 9.71. The minimum atomic E-state index is 0. The minimum absolute atomic E-state index is 0. The number of halogens is 1. The monoisotopic (exact) mass is 460 g/mol. The standard InChI is InChI=1S/C19H32N4O.HI/c1-5-19(6-2)16(13-17(19)24-7-3)23-18(20-4)22-12-10-15-9-8-11-21-14-15;/h8-9,11,14,16-17H,5-7,10,12-13H2,1-4H3,(H2,20,22,23);1H. The molecule has 6 heteroatoms. The smallest absolute Gasteiger partial charge is 0.191 e. The zero-order chi connectivity index (χ0) is 17.4. The highest BCUT2D eigenvalue weighted by Crippen LogP contribution is 2.48. The molecule has 0 radical (unpaired) electrons. The first-order chi connectivity index (χ1) is 11.7. The Hall–Kier alpha value is -0.890. The van der Waals surface area contributed by atoms with Gasteiger partial charge in [0.05, 0.1) is 6.10 Å². The second-order valence-corrected chi connectivity index (χ2v) is 6.43. The minimum Gasteiger partial charge on any atom is -0.378 e. The van der Waals surface area contributed by atoms with Gasteiger partial charge in [0.1, 0.15) is 0 Å². The van der Waals surface area contributed by atoms with Crippen molar-refractivity contribution in [2.24, 2.45) is 10.4 Å². The van der Waals surface area contributed by atoms with E-state index in [2.05, 4.69) is 47.4 Å². The van der Waals surface area contributed by atoms with Crippen LogP contribution in [0.15, 0.2) is 29.5 Å². The highest BCUT2D eigenvalue weighted by Gasteiger charge is 2.53. The number of rotatable bonds is 8. The average molecular weight is 460 g/mol. The molecule has 1 fully saturated rings. The van der Waals surface area contributed by atoms with Crippen molar-refractivity contribution < 1.29 is 4.74 Å². The summed E-state index contributed by atoms with van der Waals surface area (Å²) in [5, 5.41) is 7.03. The summed E-state index contributed by atoms with van der Waals surface area (Å²) >= 11 is 0. The number of ether oxygens (including phenoxy) is 1. The molecule has 0 aromatic carbocycles. The first kappa shape index (κ1) is 22.2. The Balaban J connectivity index is 0.00000312. The van der Waals surface area contributed by atoms with Crippen LogP contribution in [0.3, 0.4) is 0 Å². The van der Waals surface area contributed by atoms with Crippen molar-refractivity contribution in [3.8, 4) is 0 Å². The summed E-state index contributed by atoms with van der Waals surface area (Å²) < 4.78 is 5.95. The molecule has 1 aliphatic rings. The molecule has 142 valence electrons. The van der Waals surface area contributed by atoms with E-state index in [4.69, 9.17) is 4.74 Å².